The summed E-state index contributed by atoms with van der Waals surface area (Å²) >= 11 is 1.65. The molecule has 0 aliphatic carbocycles. The van der Waals surface area contributed by atoms with E-state index in [1.807, 2.05) is 71.4 Å². The first-order valence-corrected chi connectivity index (χ1v) is 17.9. The highest BCUT2D eigenvalue weighted by molar-refractivity contribution is 7.25. The van der Waals surface area contributed by atoms with Crippen LogP contribution in [0.4, 0.5) is 0 Å². The number of nitrogens with zero attached hydrogens (tertiary/aromatic N) is 3. The average molecular weight is 688 g/mol. The molecule has 0 aliphatic heterocycles. The van der Waals surface area contributed by atoms with Gasteiger partial charge in [-0.15, -0.1) is 11.3 Å². The highest BCUT2D eigenvalue weighted by Crippen LogP contribution is 2.43. The number of fused-ring (bicyclic) bond motifs is 5. The van der Waals surface area contributed by atoms with Gasteiger partial charge in [-0.25, -0.2) is 0 Å². The normalized spacial score (nSPS) is 11.5. The molecule has 0 radical (unpaired) electrons. The molecule has 10 rings (SSSR count). The van der Waals surface area contributed by atoms with E-state index in [4.69, 9.17) is 14.7 Å². The van der Waals surface area contributed by atoms with Crippen molar-refractivity contribution in [3.05, 3.63) is 170 Å². The number of imidazole rings is 1. The second kappa shape index (κ2) is 12.2. The number of rotatable bonds is 6. The van der Waals surface area contributed by atoms with E-state index in [2.05, 4.69) is 97.1 Å². The molecule has 0 fully saturated rings. The Bertz CT molecular complexity index is 2950. The molecule has 0 saturated carbocycles. The lowest BCUT2D eigenvalue weighted by molar-refractivity contribution is 0.390. The Balaban J connectivity index is 1.17. The number of hydrogen-bond donors (Lipinski definition) is 1. The number of thiophene rings is 1. The Hall–Kier alpha value is -6.76. The van der Waals surface area contributed by atoms with Crippen molar-refractivity contribution in [2.75, 3.05) is 0 Å². The van der Waals surface area contributed by atoms with Crippen LogP contribution in [0.1, 0.15) is 0 Å². The van der Waals surface area contributed by atoms with Crippen molar-refractivity contribution in [3.8, 4) is 56.7 Å². The van der Waals surface area contributed by atoms with Gasteiger partial charge in [0.2, 0.25) is 0 Å². The Morgan fingerprint density at radius 3 is 2.15 bits per heavy atom. The summed E-state index contributed by atoms with van der Waals surface area (Å²) < 4.78 is 10.8. The van der Waals surface area contributed by atoms with Gasteiger partial charge >= 0.3 is 6.01 Å². The summed E-state index contributed by atoms with van der Waals surface area (Å²) in [6, 6.07) is 56.1. The molecule has 0 amide bonds. The topological polar surface area (TPSA) is 60.2 Å². The van der Waals surface area contributed by atoms with Crippen molar-refractivity contribution in [3.63, 3.8) is 0 Å². The molecule has 7 aromatic carbocycles. The zero-order valence-corrected chi connectivity index (χ0v) is 28.6. The number of phenolic OH excluding ortho intramolecular Hbond substituents is 1. The summed E-state index contributed by atoms with van der Waals surface area (Å²) in [5, 5.41) is 15.6. The van der Waals surface area contributed by atoms with Crippen molar-refractivity contribution < 1.29 is 9.84 Å². The predicted molar refractivity (Wildman–Crippen MR) is 214 cm³/mol. The summed E-state index contributed by atoms with van der Waals surface area (Å²) in [5.41, 5.74) is 8.65. The monoisotopic (exact) mass is 687 g/mol. The fraction of sp³-hybridized carbons (Fsp3) is 0. The van der Waals surface area contributed by atoms with Crippen LogP contribution in [0.2, 0.25) is 0 Å². The van der Waals surface area contributed by atoms with Gasteiger partial charge in [0.25, 0.3) is 0 Å². The SMILES string of the molecule is Oc1cc2sc3ccccc3c2cc1Oc1nc2c(-c3cc(-c4ccccc4)cc(-c4cc5ccccc5cn4)c3)cccc2n1-c1ccccc1. The number of pyridine rings is 1. The van der Waals surface area contributed by atoms with Gasteiger partial charge in [0.05, 0.1) is 16.9 Å². The van der Waals surface area contributed by atoms with Crippen LogP contribution in [0, 0.1) is 0 Å². The summed E-state index contributed by atoms with van der Waals surface area (Å²) in [6.45, 7) is 0. The molecule has 0 spiro atoms. The Morgan fingerprint density at radius 2 is 1.29 bits per heavy atom. The summed E-state index contributed by atoms with van der Waals surface area (Å²) in [6.07, 6.45) is 1.94. The van der Waals surface area contributed by atoms with Gasteiger partial charge in [0.1, 0.15) is 5.52 Å². The molecular formula is C46H29N3O2S. The van der Waals surface area contributed by atoms with Gasteiger partial charge in [-0.05, 0) is 76.7 Å². The lowest BCUT2D eigenvalue weighted by Gasteiger charge is -2.12. The van der Waals surface area contributed by atoms with Crippen LogP contribution >= 0.6 is 11.3 Å². The minimum absolute atomic E-state index is 0.0639. The van der Waals surface area contributed by atoms with Crippen LogP contribution in [-0.4, -0.2) is 19.6 Å². The van der Waals surface area contributed by atoms with Crippen molar-refractivity contribution in [2.45, 2.75) is 0 Å². The fourth-order valence-electron chi connectivity index (χ4n) is 7.10. The Labute approximate surface area is 303 Å². The smallest absolute Gasteiger partial charge is 0.307 e. The quantitative estimate of drug-likeness (QED) is 0.189. The molecule has 0 unspecified atom stereocenters. The lowest BCUT2D eigenvalue weighted by Crippen LogP contribution is -1.98. The van der Waals surface area contributed by atoms with Gasteiger partial charge < -0.3 is 9.84 Å². The third kappa shape index (κ3) is 5.16. The van der Waals surface area contributed by atoms with Gasteiger partial charge in [-0.3, -0.25) is 9.55 Å². The van der Waals surface area contributed by atoms with Crippen molar-refractivity contribution in [2.24, 2.45) is 0 Å². The fourth-order valence-corrected chi connectivity index (χ4v) is 8.22. The summed E-state index contributed by atoms with van der Waals surface area (Å²) in [5.74, 6) is 0.412. The van der Waals surface area contributed by atoms with E-state index in [9.17, 15) is 5.11 Å². The van der Waals surface area contributed by atoms with E-state index in [1.54, 1.807) is 17.4 Å². The molecule has 0 saturated heterocycles. The molecule has 3 heterocycles. The van der Waals surface area contributed by atoms with Crippen LogP contribution in [0.3, 0.4) is 0 Å². The van der Waals surface area contributed by atoms with E-state index in [-0.39, 0.29) is 5.75 Å². The van der Waals surface area contributed by atoms with Gasteiger partial charge in [-0.1, -0.05) is 103 Å². The molecular weight excluding hydrogens is 659 g/mol. The summed E-state index contributed by atoms with van der Waals surface area (Å²) in [4.78, 5) is 10.1. The van der Waals surface area contributed by atoms with Crippen LogP contribution < -0.4 is 4.74 Å². The first-order valence-electron chi connectivity index (χ1n) is 17.1. The number of hydrogen-bond acceptors (Lipinski definition) is 5. The van der Waals surface area contributed by atoms with Crippen LogP contribution in [-0.2, 0) is 0 Å². The minimum Gasteiger partial charge on any atom is -0.504 e. The predicted octanol–water partition coefficient (Wildman–Crippen LogP) is 12.4. The van der Waals surface area contributed by atoms with Crippen LogP contribution in [0.25, 0.3) is 81.2 Å². The minimum atomic E-state index is 0.0639. The second-order valence-electron chi connectivity index (χ2n) is 12.8. The maximum Gasteiger partial charge on any atom is 0.307 e. The van der Waals surface area contributed by atoms with E-state index < -0.39 is 0 Å². The van der Waals surface area contributed by atoms with E-state index in [1.165, 1.54) is 0 Å². The van der Waals surface area contributed by atoms with E-state index >= 15 is 0 Å². The van der Waals surface area contributed by atoms with E-state index in [0.717, 1.165) is 81.2 Å². The number of para-hydroxylation sites is 2. The first-order chi connectivity index (χ1) is 25.7. The lowest BCUT2D eigenvalue weighted by atomic mass is 9.94. The number of ether oxygens (including phenoxy) is 1. The molecule has 0 atom stereocenters. The first kappa shape index (κ1) is 30.1. The third-order valence-corrected chi connectivity index (χ3v) is 10.7. The van der Waals surface area contributed by atoms with Crippen LogP contribution in [0.5, 0.6) is 17.5 Å². The molecule has 246 valence electrons. The zero-order valence-electron chi connectivity index (χ0n) is 27.8. The Kier molecular flexibility index (Phi) is 7.08. The third-order valence-electron chi connectivity index (χ3n) is 9.61. The number of aromatic hydroxyl groups is 1. The van der Waals surface area contributed by atoms with Crippen molar-refractivity contribution >= 4 is 53.3 Å². The van der Waals surface area contributed by atoms with Gasteiger partial charge in [0, 0.05) is 48.9 Å². The molecule has 1 N–H and O–H groups in total. The zero-order chi connectivity index (χ0) is 34.6. The largest absolute Gasteiger partial charge is 0.504 e. The number of phenols is 1. The molecule has 6 heteroatoms. The van der Waals surface area contributed by atoms with Gasteiger partial charge in [0.15, 0.2) is 11.5 Å². The maximum absolute atomic E-state index is 11.2. The van der Waals surface area contributed by atoms with Gasteiger partial charge in [-0.2, -0.15) is 4.98 Å². The highest BCUT2D eigenvalue weighted by Gasteiger charge is 2.21. The highest BCUT2D eigenvalue weighted by atomic mass is 32.1. The Morgan fingerprint density at radius 1 is 0.558 bits per heavy atom. The maximum atomic E-state index is 11.2. The number of aromatic nitrogens is 3. The van der Waals surface area contributed by atoms with Crippen LogP contribution in [0.15, 0.2) is 170 Å². The second-order valence-corrected chi connectivity index (χ2v) is 13.9. The van der Waals surface area contributed by atoms with E-state index in [0.29, 0.717) is 11.8 Å². The number of benzene rings is 7. The average Bonchev–Trinajstić information content (AvgIpc) is 3.75. The summed E-state index contributed by atoms with van der Waals surface area (Å²) in [7, 11) is 0. The standard InChI is InChI=1S/C46H29N3O2S/c50-41-27-44-38(37-18-9-10-21-43(37)52-44)26-42(41)51-46-48-45-36(19-11-20-40(45)49(46)35-16-5-2-6-17-35)33-22-32(29-12-3-1-4-13-29)23-34(24-33)39-25-30-14-7-8-15-31(30)28-47-39/h1-28,50H. The molecule has 10 aromatic rings. The molecule has 0 aliphatic rings. The molecule has 0 bridgehead atoms. The van der Waals surface area contributed by atoms with Crippen molar-refractivity contribution in [1.29, 1.82) is 0 Å². The molecule has 3 aromatic heterocycles. The molecule has 52 heavy (non-hydrogen) atoms. The molecule has 5 nitrogen and oxygen atoms in total. The van der Waals surface area contributed by atoms with Crippen molar-refractivity contribution in [1.82, 2.24) is 14.5 Å².